The van der Waals surface area contributed by atoms with E-state index in [9.17, 15) is 9.59 Å². The number of hydrogen-bond donors (Lipinski definition) is 0. The normalized spacial score (nSPS) is 15.0. The van der Waals surface area contributed by atoms with Gasteiger partial charge in [0.2, 0.25) is 5.91 Å². The molecule has 2 aromatic rings. The summed E-state index contributed by atoms with van der Waals surface area (Å²) >= 11 is 1.51. The van der Waals surface area contributed by atoms with Gasteiger partial charge in [-0.05, 0) is 31.9 Å². The van der Waals surface area contributed by atoms with Crippen LogP contribution < -0.4 is 4.90 Å². The number of anilines is 1. The molecular weight excluding hydrogens is 322 g/mol. The number of carbonyl (C=O) groups is 2. The van der Waals surface area contributed by atoms with Crippen LogP contribution >= 0.6 is 11.3 Å². The Morgan fingerprint density at radius 1 is 1.25 bits per heavy atom. The predicted molar refractivity (Wildman–Crippen MR) is 95.5 cm³/mol. The van der Waals surface area contributed by atoms with E-state index >= 15 is 0 Å². The number of amides is 2. The second-order valence-electron chi connectivity index (χ2n) is 5.98. The summed E-state index contributed by atoms with van der Waals surface area (Å²) in [5.74, 6) is -0.201. The maximum absolute atomic E-state index is 12.6. The number of aryl methyl sites for hydroxylation is 2. The van der Waals surface area contributed by atoms with Crippen molar-refractivity contribution in [3.05, 3.63) is 45.9 Å². The van der Waals surface area contributed by atoms with Crippen molar-refractivity contribution in [2.24, 2.45) is 0 Å². The highest BCUT2D eigenvalue weighted by molar-refractivity contribution is 7.09. The van der Waals surface area contributed by atoms with E-state index in [1.54, 1.807) is 15.2 Å². The third kappa shape index (κ3) is 3.48. The highest BCUT2D eigenvalue weighted by Crippen LogP contribution is 2.20. The molecule has 2 heterocycles. The molecule has 1 aromatic carbocycles. The van der Waals surface area contributed by atoms with Gasteiger partial charge in [0.05, 0.1) is 5.01 Å². The number of benzene rings is 1. The van der Waals surface area contributed by atoms with E-state index in [1.807, 2.05) is 31.2 Å². The van der Waals surface area contributed by atoms with Crippen molar-refractivity contribution in [3.63, 3.8) is 0 Å². The first-order chi connectivity index (χ1) is 11.6. The quantitative estimate of drug-likeness (QED) is 0.858. The molecule has 0 radical (unpaired) electrons. The Morgan fingerprint density at radius 3 is 2.67 bits per heavy atom. The van der Waals surface area contributed by atoms with Gasteiger partial charge in [-0.2, -0.15) is 0 Å². The smallest absolute Gasteiger partial charge is 0.273 e. The molecule has 3 rings (SSSR count). The summed E-state index contributed by atoms with van der Waals surface area (Å²) in [7, 11) is 0. The molecule has 1 saturated heterocycles. The van der Waals surface area contributed by atoms with E-state index in [-0.39, 0.29) is 18.4 Å². The van der Waals surface area contributed by atoms with Crippen LogP contribution in [0.5, 0.6) is 0 Å². The van der Waals surface area contributed by atoms with Crippen LogP contribution in [0, 0.1) is 6.92 Å². The van der Waals surface area contributed by atoms with Gasteiger partial charge in [0.1, 0.15) is 12.2 Å². The summed E-state index contributed by atoms with van der Waals surface area (Å²) in [6.45, 7) is 5.25. The van der Waals surface area contributed by atoms with Gasteiger partial charge in [-0.15, -0.1) is 11.3 Å². The van der Waals surface area contributed by atoms with E-state index < -0.39 is 0 Å². The average molecular weight is 343 g/mol. The van der Waals surface area contributed by atoms with Crippen LogP contribution in [-0.2, 0) is 11.2 Å². The minimum Gasteiger partial charge on any atom is -0.326 e. The van der Waals surface area contributed by atoms with Gasteiger partial charge in [0.25, 0.3) is 5.91 Å². The van der Waals surface area contributed by atoms with E-state index in [1.165, 1.54) is 11.3 Å². The Kier molecular flexibility index (Phi) is 4.94. The van der Waals surface area contributed by atoms with E-state index in [2.05, 4.69) is 11.9 Å². The molecule has 6 heteroatoms. The van der Waals surface area contributed by atoms with Crippen molar-refractivity contribution >= 4 is 28.8 Å². The molecule has 1 aliphatic heterocycles. The second-order valence-corrected chi connectivity index (χ2v) is 6.93. The topological polar surface area (TPSA) is 53.5 Å². The van der Waals surface area contributed by atoms with Crippen LogP contribution in [0.4, 0.5) is 5.69 Å². The fraction of sp³-hybridized carbons (Fsp3) is 0.389. The molecule has 0 spiro atoms. The van der Waals surface area contributed by atoms with E-state index in [0.717, 1.165) is 29.1 Å². The van der Waals surface area contributed by atoms with Gasteiger partial charge >= 0.3 is 0 Å². The van der Waals surface area contributed by atoms with Crippen LogP contribution in [0.15, 0.2) is 29.6 Å². The summed E-state index contributed by atoms with van der Waals surface area (Å²) in [6, 6.07) is 7.87. The third-order valence-electron chi connectivity index (χ3n) is 4.09. The highest BCUT2D eigenvalue weighted by Gasteiger charge is 2.29. The zero-order valence-corrected chi connectivity index (χ0v) is 14.8. The Balaban J connectivity index is 1.67. The van der Waals surface area contributed by atoms with Crippen molar-refractivity contribution in [1.29, 1.82) is 0 Å². The lowest BCUT2D eigenvalue weighted by Gasteiger charge is -2.34. The summed E-state index contributed by atoms with van der Waals surface area (Å²) < 4.78 is 0. The first-order valence-corrected chi connectivity index (χ1v) is 9.07. The molecule has 126 valence electrons. The molecule has 24 heavy (non-hydrogen) atoms. The summed E-state index contributed by atoms with van der Waals surface area (Å²) in [4.78, 5) is 32.7. The van der Waals surface area contributed by atoms with Crippen molar-refractivity contribution in [2.75, 3.05) is 24.5 Å². The van der Waals surface area contributed by atoms with Gasteiger partial charge in [-0.25, -0.2) is 4.98 Å². The van der Waals surface area contributed by atoms with Gasteiger partial charge in [0.15, 0.2) is 0 Å². The van der Waals surface area contributed by atoms with Crippen molar-refractivity contribution < 1.29 is 9.59 Å². The fourth-order valence-corrected chi connectivity index (χ4v) is 3.62. The van der Waals surface area contributed by atoms with Gasteiger partial charge in [-0.3, -0.25) is 9.59 Å². The predicted octanol–water partition coefficient (Wildman–Crippen LogP) is 2.89. The Hall–Kier alpha value is -2.21. The number of rotatable bonds is 4. The number of thiazole rings is 1. The SMILES string of the molecule is CCCc1nc(C(=O)N2CCN(c3ccc(C)cc3)C(=O)C2)cs1. The van der Waals surface area contributed by atoms with Crippen molar-refractivity contribution in [1.82, 2.24) is 9.88 Å². The summed E-state index contributed by atoms with van der Waals surface area (Å²) in [5, 5.41) is 2.77. The molecule has 1 aromatic heterocycles. The standard InChI is InChI=1S/C18H21N3O2S/c1-3-4-16-19-15(12-24-16)18(23)20-9-10-21(17(22)11-20)14-7-5-13(2)6-8-14/h5-8,12H,3-4,9-11H2,1-2H3. The molecule has 1 fully saturated rings. The number of piperazine rings is 1. The number of nitrogens with zero attached hydrogens (tertiary/aromatic N) is 3. The molecule has 0 N–H and O–H groups in total. The number of hydrogen-bond acceptors (Lipinski definition) is 4. The van der Waals surface area contributed by atoms with Gasteiger partial charge in [0, 0.05) is 24.2 Å². The molecular formula is C18H21N3O2S. The Labute approximate surface area is 145 Å². The lowest BCUT2D eigenvalue weighted by Crippen LogP contribution is -2.52. The van der Waals surface area contributed by atoms with Crippen LogP contribution in [0.2, 0.25) is 0 Å². The van der Waals surface area contributed by atoms with Crippen LogP contribution in [0.3, 0.4) is 0 Å². The van der Waals surface area contributed by atoms with Crippen LogP contribution in [-0.4, -0.2) is 41.3 Å². The van der Waals surface area contributed by atoms with Gasteiger partial charge < -0.3 is 9.80 Å². The summed E-state index contributed by atoms with van der Waals surface area (Å²) in [5.41, 5.74) is 2.50. The fourth-order valence-electron chi connectivity index (χ4n) is 2.74. The molecule has 0 unspecified atom stereocenters. The first kappa shape index (κ1) is 16.6. The Morgan fingerprint density at radius 2 is 2.00 bits per heavy atom. The molecule has 1 aliphatic rings. The number of aromatic nitrogens is 1. The van der Waals surface area contributed by atoms with Crippen LogP contribution in [0.25, 0.3) is 0 Å². The molecule has 0 saturated carbocycles. The highest BCUT2D eigenvalue weighted by atomic mass is 32.1. The largest absolute Gasteiger partial charge is 0.326 e. The van der Waals surface area contributed by atoms with Gasteiger partial charge in [-0.1, -0.05) is 24.6 Å². The molecule has 0 atom stereocenters. The molecule has 5 nitrogen and oxygen atoms in total. The lowest BCUT2D eigenvalue weighted by atomic mass is 10.2. The van der Waals surface area contributed by atoms with E-state index in [4.69, 9.17) is 0 Å². The van der Waals surface area contributed by atoms with Crippen molar-refractivity contribution in [2.45, 2.75) is 26.7 Å². The molecule has 0 aliphatic carbocycles. The van der Waals surface area contributed by atoms with Crippen molar-refractivity contribution in [3.8, 4) is 0 Å². The lowest BCUT2D eigenvalue weighted by molar-refractivity contribution is -0.120. The maximum Gasteiger partial charge on any atom is 0.273 e. The zero-order valence-electron chi connectivity index (χ0n) is 14.0. The zero-order chi connectivity index (χ0) is 17.1. The maximum atomic E-state index is 12.6. The summed E-state index contributed by atoms with van der Waals surface area (Å²) in [6.07, 6.45) is 1.90. The molecule has 0 bridgehead atoms. The number of carbonyl (C=O) groups excluding carboxylic acids is 2. The second kappa shape index (κ2) is 7.13. The third-order valence-corrected chi connectivity index (χ3v) is 5.00. The van der Waals surface area contributed by atoms with E-state index in [0.29, 0.717) is 18.8 Å². The minimum absolute atomic E-state index is 0.0533. The first-order valence-electron chi connectivity index (χ1n) is 8.19. The monoisotopic (exact) mass is 343 g/mol. The minimum atomic E-state index is -0.148. The molecule has 2 amide bonds. The van der Waals surface area contributed by atoms with Crippen LogP contribution in [0.1, 0.15) is 34.4 Å². The Bertz CT molecular complexity index is 739. The average Bonchev–Trinajstić information content (AvgIpc) is 3.04.